The Morgan fingerprint density at radius 2 is 2.12 bits per heavy atom. The first-order chi connectivity index (χ1) is 15.1. The molecule has 172 valence electrons. The normalized spacial score (nSPS) is 15.0. The molecule has 0 atom stereocenters. The first kappa shape index (κ1) is 22.1. The zero-order chi connectivity index (χ0) is 23.1. The Morgan fingerprint density at radius 1 is 1.38 bits per heavy atom. The van der Waals surface area contributed by atoms with Crippen LogP contribution in [0.15, 0.2) is 10.8 Å². The smallest absolute Gasteiger partial charge is 0.407 e. The highest BCUT2D eigenvalue weighted by Gasteiger charge is 2.44. The van der Waals surface area contributed by atoms with Crippen molar-refractivity contribution in [1.82, 2.24) is 30.2 Å². The zero-order valence-electron chi connectivity index (χ0n) is 18.4. The summed E-state index contributed by atoms with van der Waals surface area (Å²) >= 11 is 6.32. The lowest BCUT2D eigenvalue weighted by molar-refractivity contribution is 0.0509. The van der Waals surface area contributed by atoms with Crippen LogP contribution in [0, 0.1) is 5.41 Å². The van der Waals surface area contributed by atoms with E-state index in [9.17, 15) is 4.79 Å². The molecule has 12 heteroatoms. The highest BCUT2D eigenvalue weighted by Crippen LogP contribution is 2.46. The lowest BCUT2D eigenvalue weighted by Crippen LogP contribution is -2.37. The molecule has 0 bridgehead atoms. The number of amides is 1. The van der Waals surface area contributed by atoms with Crippen LogP contribution in [0.3, 0.4) is 0 Å². The second-order valence-electron chi connectivity index (χ2n) is 8.93. The van der Waals surface area contributed by atoms with Crippen molar-refractivity contribution >= 4 is 34.5 Å². The summed E-state index contributed by atoms with van der Waals surface area (Å²) in [6.45, 7) is 8.87. The molecule has 1 fully saturated rings. The van der Waals surface area contributed by atoms with Crippen LogP contribution in [-0.4, -0.2) is 49.7 Å². The Morgan fingerprint density at radius 3 is 2.72 bits per heavy atom. The maximum absolute atomic E-state index is 12.0. The van der Waals surface area contributed by atoms with Crippen LogP contribution in [0.1, 0.15) is 40.5 Å². The van der Waals surface area contributed by atoms with Gasteiger partial charge in [0.15, 0.2) is 28.2 Å². The first-order valence-corrected chi connectivity index (χ1v) is 10.7. The van der Waals surface area contributed by atoms with Crippen molar-refractivity contribution in [2.75, 3.05) is 18.9 Å². The van der Waals surface area contributed by atoms with Crippen LogP contribution in [0.25, 0.3) is 22.6 Å². The molecule has 0 radical (unpaired) electrons. The molecule has 1 saturated carbocycles. The van der Waals surface area contributed by atoms with Gasteiger partial charge in [0.2, 0.25) is 0 Å². The molecule has 0 spiro atoms. The van der Waals surface area contributed by atoms with E-state index in [1.165, 1.54) is 0 Å². The number of hydrogen-bond acceptors (Lipinski definition) is 9. The van der Waals surface area contributed by atoms with Crippen LogP contribution in [0.2, 0.25) is 5.15 Å². The number of aromatic nitrogens is 5. The van der Waals surface area contributed by atoms with E-state index in [-0.39, 0.29) is 16.4 Å². The van der Waals surface area contributed by atoms with Gasteiger partial charge in [0.1, 0.15) is 16.6 Å². The monoisotopic (exact) mass is 463 g/mol. The predicted octanol–water partition coefficient (Wildman–Crippen LogP) is 3.42. The summed E-state index contributed by atoms with van der Waals surface area (Å²) in [5.74, 6) is 1.13. The average Bonchev–Trinajstić information content (AvgIpc) is 3.18. The fourth-order valence-electron chi connectivity index (χ4n) is 3.38. The molecule has 3 heterocycles. The number of halogens is 1. The van der Waals surface area contributed by atoms with Crippen LogP contribution in [-0.2, 0) is 11.3 Å². The van der Waals surface area contributed by atoms with Crippen molar-refractivity contribution in [3.8, 4) is 17.3 Å². The third-order valence-corrected chi connectivity index (χ3v) is 5.51. The molecular formula is C20H26ClN7O4. The highest BCUT2D eigenvalue weighted by atomic mass is 35.5. The number of fused-ring (bicyclic) bond motifs is 1. The van der Waals surface area contributed by atoms with Crippen LogP contribution >= 0.6 is 11.6 Å². The molecular weight excluding hydrogens is 438 g/mol. The van der Waals surface area contributed by atoms with Crippen LogP contribution < -0.4 is 15.8 Å². The van der Waals surface area contributed by atoms with Gasteiger partial charge in [0.25, 0.3) is 0 Å². The number of rotatable bonds is 7. The highest BCUT2D eigenvalue weighted by molar-refractivity contribution is 6.34. The summed E-state index contributed by atoms with van der Waals surface area (Å²) in [5.41, 5.74) is 6.65. The standard InChI is InChI=1S/C20H26ClN7O4/c1-5-28-14-11(30-10-20(6-7-20)9-24-18(29)31-19(2,3)4)8-23-15(21)12(14)25-17(28)13-16(22)27-32-26-13/h8H,5-7,9-10H2,1-4H3,(H2,22,27)(H,24,29). The molecule has 0 unspecified atom stereocenters. The lowest BCUT2D eigenvalue weighted by atomic mass is 10.1. The van der Waals surface area contributed by atoms with E-state index in [1.54, 1.807) is 6.20 Å². The Balaban J connectivity index is 1.55. The maximum Gasteiger partial charge on any atom is 0.407 e. The van der Waals surface area contributed by atoms with Gasteiger partial charge in [-0.15, -0.1) is 0 Å². The van der Waals surface area contributed by atoms with Gasteiger partial charge in [-0.3, -0.25) is 0 Å². The number of anilines is 1. The largest absolute Gasteiger partial charge is 0.489 e. The average molecular weight is 464 g/mol. The number of nitrogens with one attached hydrogen (secondary N) is 1. The third-order valence-electron chi connectivity index (χ3n) is 5.23. The summed E-state index contributed by atoms with van der Waals surface area (Å²) in [6.07, 6.45) is 3.01. The van der Waals surface area contributed by atoms with E-state index in [0.717, 1.165) is 12.8 Å². The van der Waals surface area contributed by atoms with Gasteiger partial charge in [-0.1, -0.05) is 11.6 Å². The number of ether oxygens (including phenoxy) is 2. The van der Waals surface area contributed by atoms with E-state index < -0.39 is 11.7 Å². The van der Waals surface area contributed by atoms with E-state index in [0.29, 0.717) is 48.0 Å². The number of imidazole rings is 1. The van der Waals surface area contributed by atoms with Gasteiger partial charge >= 0.3 is 6.09 Å². The number of nitrogens with zero attached hydrogens (tertiary/aromatic N) is 5. The molecule has 11 nitrogen and oxygen atoms in total. The van der Waals surface area contributed by atoms with Gasteiger partial charge in [0, 0.05) is 18.5 Å². The van der Waals surface area contributed by atoms with Gasteiger partial charge in [-0.2, -0.15) is 0 Å². The zero-order valence-corrected chi connectivity index (χ0v) is 19.2. The molecule has 1 aliphatic carbocycles. The molecule has 4 rings (SSSR count). The van der Waals surface area contributed by atoms with Gasteiger partial charge < -0.3 is 25.1 Å². The van der Waals surface area contributed by atoms with Crippen LogP contribution in [0.5, 0.6) is 5.75 Å². The van der Waals surface area contributed by atoms with E-state index in [4.69, 9.17) is 31.4 Å². The second-order valence-corrected chi connectivity index (χ2v) is 9.29. The topological polar surface area (TPSA) is 143 Å². The summed E-state index contributed by atoms with van der Waals surface area (Å²) < 4.78 is 18.1. The van der Waals surface area contributed by atoms with Crippen molar-refractivity contribution in [3.63, 3.8) is 0 Å². The number of hydrogen-bond donors (Lipinski definition) is 2. The van der Waals surface area contributed by atoms with Gasteiger partial charge in [-0.05, 0) is 50.8 Å². The molecule has 3 aromatic rings. The number of nitrogens with two attached hydrogens (primary N) is 1. The van der Waals surface area contributed by atoms with Crippen LogP contribution in [0.4, 0.5) is 10.6 Å². The summed E-state index contributed by atoms with van der Waals surface area (Å²) in [4.78, 5) is 20.8. The van der Waals surface area contributed by atoms with Crippen molar-refractivity contribution in [2.24, 2.45) is 5.41 Å². The summed E-state index contributed by atoms with van der Waals surface area (Å²) in [6, 6.07) is 0. The van der Waals surface area contributed by atoms with Crippen molar-refractivity contribution in [3.05, 3.63) is 11.3 Å². The minimum atomic E-state index is -0.545. The molecule has 3 aromatic heterocycles. The Bertz CT molecular complexity index is 1150. The quantitative estimate of drug-likeness (QED) is 0.503. The Hall–Kier alpha value is -3.08. The van der Waals surface area contributed by atoms with E-state index in [2.05, 4.69) is 25.6 Å². The molecule has 32 heavy (non-hydrogen) atoms. The Kier molecular flexibility index (Phi) is 5.61. The van der Waals surface area contributed by atoms with E-state index >= 15 is 0 Å². The SMILES string of the molecule is CCn1c(-c2nonc2N)nc2c(Cl)ncc(OCC3(CNC(=O)OC(C)(C)C)CC3)c21. The third kappa shape index (κ3) is 4.43. The number of aryl methyl sites for hydroxylation is 1. The lowest BCUT2D eigenvalue weighted by Gasteiger charge is -2.22. The molecule has 0 aliphatic heterocycles. The number of carbonyl (C=O) groups is 1. The Labute approximate surface area is 189 Å². The molecule has 3 N–H and O–H groups in total. The first-order valence-electron chi connectivity index (χ1n) is 10.4. The van der Waals surface area contributed by atoms with E-state index in [1.807, 2.05) is 32.3 Å². The fraction of sp³-hybridized carbons (Fsp3) is 0.550. The van der Waals surface area contributed by atoms with Gasteiger partial charge in [-0.25, -0.2) is 19.4 Å². The number of carbonyl (C=O) groups excluding carboxylic acids is 1. The van der Waals surface area contributed by atoms with Gasteiger partial charge in [0.05, 0.1) is 12.8 Å². The molecule has 0 saturated heterocycles. The maximum atomic E-state index is 12.0. The summed E-state index contributed by atoms with van der Waals surface area (Å²) in [5, 5.41) is 10.6. The second kappa shape index (κ2) is 8.12. The number of alkyl carbamates (subject to hydrolysis) is 1. The minimum Gasteiger partial charge on any atom is -0.489 e. The molecule has 1 amide bonds. The number of nitrogen functional groups attached to an aromatic ring is 1. The molecule has 1 aliphatic rings. The predicted molar refractivity (Wildman–Crippen MR) is 117 cm³/mol. The minimum absolute atomic E-state index is 0.131. The summed E-state index contributed by atoms with van der Waals surface area (Å²) in [7, 11) is 0. The van der Waals surface area contributed by atoms with Crippen molar-refractivity contribution < 1.29 is 18.9 Å². The fourth-order valence-corrected chi connectivity index (χ4v) is 3.56. The van der Waals surface area contributed by atoms with Crippen molar-refractivity contribution in [1.29, 1.82) is 0 Å². The molecule has 0 aromatic carbocycles. The van der Waals surface area contributed by atoms with Crippen molar-refractivity contribution in [2.45, 2.75) is 52.7 Å². The number of pyridine rings is 1.